The lowest BCUT2D eigenvalue weighted by molar-refractivity contribution is 0.353. The van der Waals surface area contributed by atoms with E-state index in [0.29, 0.717) is 17.3 Å². The highest BCUT2D eigenvalue weighted by Gasteiger charge is 2.49. The van der Waals surface area contributed by atoms with Crippen molar-refractivity contribution in [2.75, 3.05) is 9.80 Å². The maximum absolute atomic E-state index is 9.29. The van der Waals surface area contributed by atoms with Crippen LogP contribution in [0.25, 0.3) is 32.3 Å². The first kappa shape index (κ1) is 37.0. The molecule has 0 amide bonds. The van der Waals surface area contributed by atoms with Crippen LogP contribution >= 0.6 is 11.3 Å². The topological polar surface area (TPSA) is 6.48 Å². The Morgan fingerprint density at radius 2 is 1.21 bits per heavy atom. The molecule has 4 heteroatoms. The van der Waals surface area contributed by atoms with E-state index in [4.69, 9.17) is 0 Å². The number of nitrogens with zero attached hydrogens (tertiary/aromatic N) is 2. The molecule has 2 nitrogen and oxygen atoms in total. The Bertz CT molecular complexity index is 3750. The van der Waals surface area contributed by atoms with Crippen LogP contribution in [-0.2, 0) is 21.7 Å². The van der Waals surface area contributed by atoms with Gasteiger partial charge in [0.05, 0.1) is 11.4 Å². The molecule has 13 rings (SSSR count). The van der Waals surface area contributed by atoms with Crippen LogP contribution in [0, 0.1) is 0 Å². The molecule has 8 aromatic rings. The molecule has 7 aromatic carbocycles. The quantitative estimate of drug-likeness (QED) is 0.162. The van der Waals surface area contributed by atoms with Crippen LogP contribution in [-0.4, -0.2) is 6.71 Å². The predicted molar refractivity (Wildman–Crippen MR) is 313 cm³/mol. The minimum atomic E-state index is -3.51. The van der Waals surface area contributed by atoms with Crippen LogP contribution in [0.1, 0.15) is 178 Å². The Balaban J connectivity index is 1.17. The van der Waals surface area contributed by atoms with Crippen molar-refractivity contribution < 1.29 is 12.3 Å². The van der Waals surface area contributed by atoms with E-state index in [1.807, 2.05) is 0 Å². The van der Waals surface area contributed by atoms with Gasteiger partial charge in [0.15, 0.2) is 0 Å². The third-order valence-electron chi connectivity index (χ3n) is 17.5. The summed E-state index contributed by atoms with van der Waals surface area (Å²) in [5.41, 5.74) is 13.4. The van der Waals surface area contributed by atoms with E-state index in [0.717, 1.165) is 115 Å². The summed E-state index contributed by atoms with van der Waals surface area (Å²) in [6.45, 7) is 2.40. The van der Waals surface area contributed by atoms with Crippen molar-refractivity contribution in [2.24, 2.45) is 0 Å². The van der Waals surface area contributed by atoms with Crippen LogP contribution in [0.4, 0.5) is 34.1 Å². The summed E-state index contributed by atoms with van der Waals surface area (Å²) in [5.74, 6) is 0.388. The van der Waals surface area contributed by atoms with Gasteiger partial charge in [0.2, 0.25) is 0 Å². The number of hydrogen-bond acceptors (Lipinski definition) is 3. The second-order valence-electron chi connectivity index (χ2n) is 24.0. The minimum Gasteiger partial charge on any atom is -0.311 e. The number of anilines is 6. The van der Waals surface area contributed by atoms with Gasteiger partial charge in [-0.05, 0) is 157 Å². The van der Waals surface area contributed by atoms with E-state index in [1.54, 1.807) is 23.5 Å². The number of fused-ring (bicyclic) bond motifs is 11. The Labute approximate surface area is 447 Å². The van der Waals surface area contributed by atoms with Gasteiger partial charge in [-0.15, -0.1) is 11.3 Å². The average Bonchev–Trinajstić information content (AvgIpc) is 2.10. The van der Waals surface area contributed by atoms with Crippen molar-refractivity contribution >= 4 is 78.0 Å². The molecule has 1 spiro atoms. The zero-order valence-electron chi connectivity index (χ0n) is 51.8. The van der Waals surface area contributed by atoms with Gasteiger partial charge in [-0.2, -0.15) is 0 Å². The molecule has 2 saturated carbocycles. The van der Waals surface area contributed by atoms with Crippen LogP contribution < -0.4 is 25.5 Å². The maximum atomic E-state index is 9.29. The lowest BCUT2D eigenvalue weighted by Gasteiger charge is -2.45. The Morgan fingerprint density at radius 1 is 0.556 bits per heavy atom. The molecular weight excluding hydrogens is 888 g/mol. The molecule has 2 fully saturated rings. The standard InChI is InChI=1S/C68H71BN2S/c1-65(2,3)47-30-25-44(26-31-47)45-27-33-50(34-28-45)70-56-35-29-46(43-19-12-10-13-20-43)39-55(56)69-62-58(70)41-49(67(7,8)9)42-59(62)71(63-52-40-48(66(4,5)6)32-36-60(52)72-64(63)69)57-24-18-23-54-61(57)51-21-14-15-22-53(51)68(54)37-16-11-17-38-68/h14-15,18,21-36,39-43H,10-13,16-17,19-20,37-38H2,1-9H3/i7D3,8D3,9D3. The monoisotopic (exact) mass is 968 g/mol. The number of benzene rings is 7. The van der Waals surface area contributed by atoms with E-state index in [1.165, 1.54) is 47.9 Å². The molecule has 72 heavy (non-hydrogen) atoms. The first-order valence-corrected chi connectivity index (χ1v) is 27.6. The zero-order chi connectivity index (χ0) is 57.0. The average molecular weight is 968 g/mol. The first-order chi connectivity index (χ1) is 38.3. The van der Waals surface area contributed by atoms with E-state index in [2.05, 4.69) is 179 Å². The molecule has 362 valence electrons. The van der Waals surface area contributed by atoms with Crippen molar-refractivity contribution in [2.45, 2.75) is 154 Å². The van der Waals surface area contributed by atoms with Crippen molar-refractivity contribution in [3.63, 3.8) is 0 Å². The number of rotatable bonds is 4. The van der Waals surface area contributed by atoms with Crippen molar-refractivity contribution in [3.05, 3.63) is 173 Å². The van der Waals surface area contributed by atoms with E-state index in [-0.39, 0.29) is 21.8 Å². The van der Waals surface area contributed by atoms with Gasteiger partial charge in [0.25, 0.3) is 6.71 Å². The maximum Gasteiger partial charge on any atom is 0.264 e. The molecule has 3 aliphatic carbocycles. The molecule has 3 heterocycles. The molecular formula is C68H71BN2S. The summed E-state index contributed by atoms with van der Waals surface area (Å²) in [6, 6.07) is 49.7. The largest absolute Gasteiger partial charge is 0.311 e. The fraction of sp³-hybridized carbons (Fsp3) is 0.353. The van der Waals surface area contributed by atoms with Crippen LogP contribution in [0.15, 0.2) is 140 Å². The molecule has 0 bridgehead atoms. The van der Waals surface area contributed by atoms with E-state index in [9.17, 15) is 12.3 Å². The summed E-state index contributed by atoms with van der Waals surface area (Å²) in [4.78, 5) is 4.49. The highest BCUT2D eigenvalue weighted by atomic mass is 32.1. The molecule has 5 aliphatic rings. The summed E-state index contributed by atoms with van der Waals surface area (Å²) >= 11 is 1.79. The van der Waals surface area contributed by atoms with Crippen LogP contribution in [0.5, 0.6) is 0 Å². The smallest absolute Gasteiger partial charge is 0.264 e. The Kier molecular flexibility index (Phi) is 8.52. The van der Waals surface area contributed by atoms with Crippen LogP contribution in [0.2, 0.25) is 0 Å². The molecule has 0 N–H and O–H groups in total. The summed E-state index contributed by atoms with van der Waals surface area (Å²) in [5, 5.41) is 1.04. The van der Waals surface area contributed by atoms with Crippen molar-refractivity contribution in [1.82, 2.24) is 0 Å². The first-order valence-electron chi connectivity index (χ1n) is 31.3. The van der Waals surface area contributed by atoms with Crippen molar-refractivity contribution in [1.29, 1.82) is 0 Å². The third kappa shape index (κ3) is 7.15. The van der Waals surface area contributed by atoms with Crippen LogP contribution in [0.3, 0.4) is 0 Å². The zero-order valence-corrected chi connectivity index (χ0v) is 43.6. The van der Waals surface area contributed by atoms with Gasteiger partial charge in [-0.1, -0.05) is 192 Å². The summed E-state index contributed by atoms with van der Waals surface area (Å²) in [6.07, 6.45) is 11.2. The number of hydrogen-bond donors (Lipinski definition) is 0. The summed E-state index contributed by atoms with van der Waals surface area (Å²) < 4.78 is 85.8. The molecule has 2 aliphatic heterocycles. The predicted octanol–water partition coefficient (Wildman–Crippen LogP) is 17.8. The van der Waals surface area contributed by atoms with Gasteiger partial charge in [0, 0.05) is 60.9 Å². The third-order valence-corrected chi connectivity index (χ3v) is 18.7. The molecule has 0 atom stereocenters. The van der Waals surface area contributed by atoms with Gasteiger partial charge < -0.3 is 9.80 Å². The lowest BCUT2D eigenvalue weighted by Crippen LogP contribution is -2.60. The SMILES string of the molecule is [2H]C([2H])([2H])C(c1cc2c3c(c1)N(c1cccc4c1-c1ccccc1C41CCCCC1)c1c(sc4ccc(C(C)(C)C)cc14)B3c1cc(C3CCCCC3)ccc1N2c1ccc(-c2ccc(C(C)(C)C)cc2)cc1)(C([2H])([2H])[2H])C([2H])([2H])[2H]. The highest BCUT2D eigenvalue weighted by Crippen LogP contribution is 2.60. The second kappa shape index (κ2) is 16.6. The second-order valence-corrected chi connectivity index (χ2v) is 25.1. The van der Waals surface area contributed by atoms with Gasteiger partial charge >= 0.3 is 0 Å². The Hall–Kier alpha value is -5.84. The molecule has 0 radical (unpaired) electrons. The van der Waals surface area contributed by atoms with E-state index < -0.39 is 32.7 Å². The van der Waals surface area contributed by atoms with E-state index >= 15 is 0 Å². The Morgan fingerprint density at radius 3 is 1.92 bits per heavy atom. The fourth-order valence-corrected chi connectivity index (χ4v) is 15.0. The molecule has 0 unspecified atom stereocenters. The van der Waals surface area contributed by atoms with Crippen molar-refractivity contribution in [3.8, 4) is 22.3 Å². The van der Waals surface area contributed by atoms with Gasteiger partial charge in [-0.25, -0.2) is 0 Å². The number of thiophene rings is 1. The van der Waals surface area contributed by atoms with Gasteiger partial charge in [-0.3, -0.25) is 0 Å². The lowest BCUT2D eigenvalue weighted by atomic mass is 9.36. The molecule has 1 aromatic heterocycles. The fourth-order valence-electron chi connectivity index (χ4n) is 13.7. The highest BCUT2D eigenvalue weighted by molar-refractivity contribution is 7.33. The van der Waals surface area contributed by atoms with Gasteiger partial charge in [0.1, 0.15) is 0 Å². The minimum absolute atomic E-state index is 0.00713. The normalized spacial score (nSPS) is 19.6. The molecule has 0 saturated heterocycles. The summed E-state index contributed by atoms with van der Waals surface area (Å²) in [7, 11) is 0.